The molecule has 7 aromatic carbocycles. The second kappa shape index (κ2) is 7.98. The van der Waals surface area contributed by atoms with Gasteiger partial charge in [0.25, 0.3) is 0 Å². The SMILES string of the molecule is Clc1ccc(-c2cccc(-c3cc4ccc5ccccc5c4c4c3ccc3ccccc34)c2)cc1. The lowest BCUT2D eigenvalue weighted by Crippen LogP contribution is -1.88. The summed E-state index contributed by atoms with van der Waals surface area (Å²) in [6.07, 6.45) is 0. The lowest BCUT2D eigenvalue weighted by Gasteiger charge is -2.16. The Hall–Kier alpha value is -4.13. The zero-order valence-electron chi connectivity index (χ0n) is 19.0. The maximum Gasteiger partial charge on any atom is 0.0406 e. The van der Waals surface area contributed by atoms with Gasteiger partial charge in [-0.15, -0.1) is 0 Å². The molecule has 0 aliphatic carbocycles. The van der Waals surface area contributed by atoms with Crippen LogP contribution in [-0.4, -0.2) is 0 Å². The predicted molar refractivity (Wildman–Crippen MR) is 152 cm³/mol. The van der Waals surface area contributed by atoms with Gasteiger partial charge in [0.2, 0.25) is 0 Å². The number of benzene rings is 7. The molecule has 0 bridgehead atoms. The van der Waals surface area contributed by atoms with Gasteiger partial charge in [0.15, 0.2) is 0 Å². The molecule has 164 valence electrons. The maximum atomic E-state index is 6.14. The first-order valence-electron chi connectivity index (χ1n) is 11.9. The van der Waals surface area contributed by atoms with E-state index in [1.807, 2.05) is 12.1 Å². The van der Waals surface area contributed by atoms with Crippen molar-refractivity contribution >= 4 is 54.7 Å². The highest BCUT2D eigenvalue weighted by Gasteiger charge is 2.14. The number of fused-ring (bicyclic) bond motifs is 7. The minimum atomic E-state index is 0.754. The Kier molecular flexibility index (Phi) is 4.62. The van der Waals surface area contributed by atoms with E-state index in [2.05, 4.69) is 115 Å². The molecule has 7 rings (SSSR count). The fourth-order valence-electron chi connectivity index (χ4n) is 5.43. The van der Waals surface area contributed by atoms with Gasteiger partial charge in [-0.3, -0.25) is 0 Å². The molecule has 0 radical (unpaired) electrons. The average molecular weight is 465 g/mol. The largest absolute Gasteiger partial charge is 0.0843 e. The van der Waals surface area contributed by atoms with E-state index in [1.165, 1.54) is 59.8 Å². The van der Waals surface area contributed by atoms with Crippen LogP contribution in [0.1, 0.15) is 0 Å². The van der Waals surface area contributed by atoms with E-state index >= 15 is 0 Å². The van der Waals surface area contributed by atoms with Crippen molar-refractivity contribution in [3.8, 4) is 22.3 Å². The fraction of sp³-hybridized carbons (Fsp3) is 0. The maximum absolute atomic E-state index is 6.14. The molecule has 0 fully saturated rings. The molecule has 0 amide bonds. The minimum absolute atomic E-state index is 0.754. The number of halogens is 1. The molecule has 0 saturated carbocycles. The highest BCUT2D eigenvalue weighted by molar-refractivity contribution is 6.31. The van der Waals surface area contributed by atoms with E-state index in [-0.39, 0.29) is 0 Å². The lowest BCUT2D eigenvalue weighted by atomic mass is 9.87. The third-order valence-corrected chi connectivity index (χ3v) is 7.33. The highest BCUT2D eigenvalue weighted by atomic mass is 35.5. The van der Waals surface area contributed by atoms with Crippen molar-refractivity contribution < 1.29 is 0 Å². The van der Waals surface area contributed by atoms with Gasteiger partial charge >= 0.3 is 0 Å². The molecule has 0 aromatic heterocycles. The van der Waals surface area contributed by atoms with E-state index in [4.69, 9.17) is 11.6 Å². The van der Waals surface area contributed by atoms with Crippen molar-refractivity contribution in [2.75, 3.05) is 0 Å². The Morgan fingerprint density at radius 2 is 1.00 bits per heavy atom. The Labute approximate surface area is 209 Å². The topological polar surface area (TPSA) is 0 Å². The van der Waals surface area contributed by atoms with Crippen LogP contribution in [0.3, 0.4) is 0 Å². The van der Waals surface area contributed by atoms with Gasteiger partial charge in [0.05, 0.1) is 0 Å². The minimum Gasteiger partial charge on any atom is -0.0843 e. The monoisotopic (exact) mass is 464 g/mol. The molecule has 0 nitrogen and oxygen atoms in total. The summed E-state index contributed by atoms with van der Waals surface area (Å²) in [5.74, 6) is 0. The first-order valence-corrected chi connectivity index (χ1v) is 12.3. The van der Waals surface area contributed by atoms with Gasteiger partial charge in [-0.1, -0.05) is 115 Å². The van der Waals surface area contributed by atoms with Crippen LogP contribution in [0.15, 0.2) is 127 Å². The molecular formula is C34H21Cl. The molecular weight excluding hydrogens is 444 g/mol. The van der Waals surface area contributed by atoms with Crippen LogP contribution in [-0.2, 0) is 0 Å². The van der Waals surface area contributed by atoms with Gasteiger partial charge < -0.3 is 0 Å². The number of hydrogen-bond acceptors (Lipinski definition) is 0. The number of rotatable bonds is 2. The van der Waals surface area contributed by atoms with Gasteiger partial charge in [0.1, 0.15) is 0 Å². The van der Waals surface area contributed by atoms with Crippen LogP contribution in [0.25, 0.3) is 65.3 Å². The van der Waals surface area contributed by atoms with Crippen LogP contribution in [0.2, 0.25) is 5.02 Å². The molecule has 0 heterocycles. The van der Waals surface area contributed by atoms with Crippen LogP contribution >= 0.6 is 11.6 Å². The van der Waals surface area contributed by atoms with Crippen LogP contribution in [0.5, 0.6) is 0 Å². The first-order chi connectivity index (χ1) is 17.3. The van der Waals surface area contributed by atoms with Crippen LogP contribution in [0.4, 0.5) is 0 Å². The third-order valence-electron chi connectivity index (χ3n) is 7.08. The molecule has 7 aromatic rings. The second-order valence-corrected chi connectivity index (χ2v) is 9.54. The summed E-state index contributed by atoms with van der Waals surface area (Å²) in [6.45, 7) is 0. The molecule has 0 aliphatic heterocycles. The summed E-state index contributed by atoms with van der Waals surface area (Å²) < 4.78 is 0. The van der Waals surface area contributed by atoms with E-state index in [9.17, 15) is 0 Å². The Morgan fingerprint density at radius 1 is 0.371 bits per heavy atom. The molecule has 0 aliphatic rings. The standard InChI is InChI=1S/C34H21Cl/c35-28-17-14-22(15-18-28)25-8-5-9-26(20-25)32-21-27-13-12-23-6-1-3-10-29(23)33(27)34-30-11-4-2-7-24(30)16-19-31(32)34/h1-21H. The predicted octanol–water partition coefficient (Wildman–Crippen LogP) is 10.3. The van der Waals surface area contributed by atoms with E-state index < -0.39 is 0 Å². The summed E-state index contributed by atoms with van der Waals surface area (Å²) in [7, 11) is 0. The Morgan fingerprint density at radius 3 is 1.77 bits per heavy atom. The van der Waals surface area contributed by atoms with Gasteiger partial charge in [0, 0.05) is 5.02 Å². The first kappa shape index (κ1) is 20.3. The number of hydrogen-bond donors (Lipinski definition) is 0. The lowest BCUT2D eigenvalue weighted by molar-refractivity contribution is 1.61. The normalized spacial score (nSPS) is 11.6. The molecule has 0 spiro atoms. The van der Waals surface area contributed by atoms with Crippen molar-refractivity contribution in [1.82, 2.24) is 0 Å². The average Bonchev–Trinajstić information content (AvgIpc) is 2.92. The second-order valence-electron chi connectivity index (χ2n) is 9.11. The molecule has 0 N–H and O–H groups in total. The molecule has 0 atom stereocenters. The Bertz CT molecular complexity index is 1900. The Balaban J connectivity index is 1.60. The zero-order chi connectivity index (χ0) is 23.4. The smallest absolute Gasteiger partial charge is 0.0406 e. The van der Waals surface area contributed by atoms with Crippen LogP contribution < -0.4 is 0 Å². The van der Waals surface area contributed by atoms with Crippen molar-refractivity contribution in [2.45, 2.75) is 0 Å². The van der Waals surface area contributed by atoms with Crippen molar-refractivity contribution in [3.05, 3.63) is 132 Å². The van der Waals surface area contributed by atoms with E-state index in [1.54, 1.807) is 0 Å². The zero-order valence-corrected chi connectivity index (χ0v) is 19.8. The van der Waals surface area contributed by atoms with E-state index in [0.717, 1.165) is 10.6 Å². The summed E-state index contributed by atoms with van der Waals surface area (Å²) in [6, 6.07) is 45.7. The summed E-state index contributed by atoms with van der Waals surface area (Å²) in [5, 5.41) is 11.1. The van der Waals surface area contributed by atoms with Crippen LogP contribution in [0, 0.1) is 0 Å². The summed E-state index contributed by atoms with van der Waals surface area (Å²) in [4.78, 5) is 0. The van der Waals surface area contributed by atoms with Gasteiger partial charge in [-0.05, 0) is 89.6 Å². The highest BCUT2D eigenvalue weighted by Crippen LogP contribution is 2.42. The van der Waals surface area contributed by atoms with Gasteiger partial charge in [-0.2, -0.15) is 0 Å². The quantitative estimate of drug-likeness (QED) is 0.223. The summed E-state index contributed by atoms with van der Waals surface area (Å²) >= 11 is 6.14. The van der Waals surface area contributed by atoms with Crippen molar-refractivity contribution in [2.24, 2.45) is 0 Å². The van der Waals surface area contributed by atoms with E-state index in [0.29, 0.717) is 0 Å². The fourth-order valence-corrected chi connectivity index (χ4v) is 5.56. The molecule has 35 heavy (non-hydrogen) atoms. The summed E-state index contributed by atoms with van der Waals surface area (Å²) in [5.41, 5.74) is 4.82. The molecule has 1 heteroatoms. The van der Waals surface area contributed by atoms with Gasteiger partial charge in [-0.25, -0.2) is 0 Å². The van der Waals surface area contributed by atoms with Crippen molar-refractivity contribution in [3.63, 3.8) is 0 Å². The molecule has 0 unspecified atom stereocenters. The van der Waals surface area contributed by atoms with Crippen molar-refractivity contribution in [1.29, 1.82) is 0 Å². The third kappa shape index (κ3) is 3.30. The molecule has 0 saturated heterocycles.